The van der Waals surface area contributed by atoms with Crippen LogP contribution in [0.2, 0.25) is 0 Å². The second-order valence-electron chi connectivity index (χ2n) is 15.5. The van der Waals surface area contributed by atoms with E-state index in [4.69, 9.17) is 4.74 Å². The summed E-state index contributed by atoms with van der Waals surface area (Å²) in [5, 5.41) is 0. The van der Waals surface area contributed by atoms with Gasteiger partial charge in [-0.15, -0.1) is 0 Å². The minimum Gasteiger partial charge on any atom is -0.450 e. The van der Waals surface area contributed by atoms with Gasteiger partial charge in [-0.3, -0.25) is 0 Å². The second kappa shape index (κ2) is 14.6. The van der Waals surface area contributed by atoms with E-state index in [0.717, 1.165) is 18.2 Å². The molecule has 4 nitrogen and oxygen atoms in total. The molecule has 0 spiro atoms. The quantitative estimate of drug-likeness (QED) is 0.190. The van der Waals surface area contributed by atoms with Crippen molar-refractivity contribution >= 4 is 23.2 Å². The molecule has 0 N–H and O–H groups in total. The van der Waals surface area contributed by atoms with E-state index in [-0.39, 0.29) is 25.3 Å². The lowest BCUT2D eigenvalue weighted by Crippen LogP contribution is -2.59. The molecule has 2 heterocycles. The van der Waals surface area contributed by atoms with Crippen molar-refractivity contribution in [1.82, 2.24) is 0 Å². The maximum Gasteiger partial charge on any atom is 0.442 e. The number of aliphatic imine (C=N–C) groups is 2. The fourth-order valence-electron chi connectivity index (χ4n) is 6.78. The van der Waals surface area contributed by atoms with Crippen LogP contribution in [0.4, 0.5) is 81.6 Å². The number of nitrogens with zero attached hydrogens (tertiary/aromatic N) is 2. The summed E-state index contributed by atoms with van der Waals surface area (Å²) in [5.41, 5.74) is -22.4. The molecule has 0 atom stereocenters. The second-order valence-corrected chi connectivity index (χ2v) is 15.5. The minimum absolute atomic E-state index is 0.0104. The van der Waals surface area contributed by atoms with Gasteiger partial charge in [-0.1, -0.05) is 77.9 Å². The summed E-state index contributed by atoms with van der Waals surface area (Å²) in [6.45, 7) is 8.13. The Morgan fingerprint density at radius 3 is 1.22 bits per heavy atom. The maximum absolute atomic E-state index is 15.9. The standard InChI is InChI=1S/C40H36F16N2O2/c1-7-31(4,5)36(43,44)24-14-12-23(13-15-24)33(41,42)30-58-28-17-11-22(20-26(28)35(60-30,39(51,52)53)40(54,55)56)18-21-10-16-27-25(19-21)34(37(45,46)47,38(48,49)50)59-29(57-27)32(6,8-2)9-3/h10-17,19-20H,7-9,18H2,1-6H3. The van der Waals surface area contributed by atoms with Gasteiger partial charge in [0.25, 0.3) is 11.8 Å². The SMILES string of the molecule is CCC(C)(CC)C1=Nc2ccc(Cc3ccc4c(c3)C(C(F)(F)F)(C(F)(F)F)OC(C(F)(F)c3ccc(C(F)(F)C(C)(C)CC)cc3)=N4)cc2C(C(F)(F)F)(C(F)(F)F)O1. The van der Waals surface area contributed by atoms with Gasteiger partial charge in [0, 0.05) is 33.1 Å². The highest BCUT2D eigenvalue weighted by atomic mass is 19.4. The molecule has 0 bridgehead atoms. The summed E-state index contributed by atoms with van der Waals surface area (Å²) in [6.07, 6.45) is -26.5. The molecular weight excluding hydrogens is 844 g/mol. The summed E-state index contributed by atoms with van der Waals surface area (Å²) in [6, 6.07) is 5.30. The molecule has 0 aromatic heterocycles. The van der Waals surface area contributed by atoms with Crippen molar-refractivity contribution < 1.29 is 79.7 Å². The Balaban J connectivity index is 1.65. The highest BCUT2D eigenvalue weighted by Gasteiger charge is 2.78. The molecule has 3 aromatic carbocycles. The molecule has 2 aliphatic heterocycles. The lowest BCUT2D eigenvalue weighted by atomic mass is 9.79. The van der Waals surface area contributed by atoms with Crippen molar-refractivity contribution in [3.63, 3.8) is 0 Å². The highest BCUT2D eigenvalue weighted by Crippen LogP contribution is 2.60. The van der Waals surface area contributed by atoms with Crippen LogP contribution in [0.5, 0.6) is 0 Å². The van der Waals surface area contributed by atoms with E-state index >= 15 is 17.6 Å². The predicted molar refractivity (Wildman–Crippen MR) is 187 cm³/mol. The number of fused-ring (bicyclic) bond motifs is 2. The summed E-state index contributed by atoms with van der Waals surface area (Å²) < 4.78 is 248. The van der Waals surface area contributed by atoms with Crippen LogP contribution in [0.1, 0.15) is 94.2 Å². The Hall–Kier alpha value is -4.52. The molecule has 0 saturated carbocycles. The minimum atomic E-state index is -6.57. The number of hydrogen-bond acceptors (Lipinski definition) is 4. The smallest absolute Gasteiger partial charge is 0.442 e. The van der Waals surface area contributed by atoms with Crippen molar-refractivity contribution in [1.29, 1.82) is 0 Å². The van der Waals surface area contributed by atoms with Crippen LogP contribution < -0.4 is 0 Å². The highest BCUT2D eigenvalue weighted by molar-refractivity contribution is 5.90. The average Bonchev–Trinajstić information content (AvgIpc) is 3.14. The summed E-state index contributed by atoms with van der Waals surface area (Å²) in [5.74, 6) is -11.8. The largest absolute Gasteiger partial charge is 0.450 e. The van der Waals surface area contributed by atoms with Crippen molar-refractivity contribution in [3.05, 3.63) is 94.0 Å². The van der Waals surface area contributed by atoms with Crippen LogP contribution in [-0.4, -0.2) is 36.5 Å². The van der Waals surface area contributed by atoms with E-state index < -0.39 is 122 Å². The Bertz CT molecular complexity index is 2130. The van der Waals surface area contributed by atoms with E-state index in [0.29, 0.717) is 36.4 Å². The topological polar surface area (TPSA) is 43.2 Å². The van der Waals surface area contributed by atoms with Gasteiger partial charge in [0.2, 0.25) is 0 Å². The van der Waals surface area contributed by atoms with Crippen LogP contribution in [0.25, 0.3) is 0 Å². The Morgan fingerprint density at radius 2 is 0.850 bits per heavy atom. The van der Waals surface area contributed by atoms with Crippen molar-refractivity contribution in [2.75, 3.05) is 0 Å². The monoisotopic (exact) mass is 880 g/mol. The van der Waals surface area contributed by atoms with Gasteiger partial charge in [0.1, 0.15) is 0 Å². The molecule has 330 valence electrons. The van der Waals surface area contributed by atoms with E-state index in [2.05, 4.69) is 14.7 Å². The van der Waals surface area contributed by atoms with Crippen LogP contribution in [-0.2, 0) is 38.9 Å². The first-order valence-electron chi connectivity index (χ1n) is 18.2. The molecule has 0 unspecified atom stereocenters. The van der Waals surface area contributed by atoms with E-state index in [1.165, 1.54) is 41.5 Å². The van der Waals surface area contributed by atoms with Crippen molar-refractivity contribution in [3.8, 4) is 0 Å². The number of halogens is 16. The van der Waals surface area contributed by atoms with E-state index in [1.54, 1.807) is 0 Å². The third-order valence-corrected chi connectivity index (χ3v) is 11.5. The molecule has 0 radical (unpaired) electrons. The first-order valence-corrected chi connectivity index (χ1v) is 18.2. The molecule has 2 aliphatic rings. The molecule has 60 heavy (non-hydrogen) atoms. The zero-order chi connectivity index (χ0) is 45.5. The number of hydrogen-bond donors (Lipinski definition) is 0. The number of rotatable bonds is 10. The van der Waals surface area contributed by atoms with Gasteiger partial charge in [0.15, 0.2) is 5.90 Å². The lowest BCUT2D eigenvalue weighted by Gasteiger charge is -2.44. The van der Waals surface area contributed by atoms with Crippen LogP contribution in [0.15, 0.2) is 70.6 Å². The van der Waals surface area contributed by atoms with Gasteiger partial charge in [-0.25, -0.2) is 18.8 Å². The summed E-state index contributed by atoms with van der Waals surface area (Å²) in [7, 11) is 0. The van der Waals surface area contributed by atoms with Crippen LogP contribution in [0.3, 0.4) is 0 Å². The first-order chi connectivity index (χ1) is 27.2. The fourth-order valence-corrected chi connectivity index (χ4v) is 6.78. The van der Waals surface area contributed by atoms with E-state index in [9.17, 15) is 52.7 Å². The zero-order valence-corrected chi connectivity index (χ0v) is 32.4. The van der Waals surface area contributed by atoms with Gasteiger partial charge in [0.05, 0.1) is 11.4 Å². The number of alkyl halides is 16. The third-order valence-electron chi connectivity index (χ3n) is 11.5. The maximum atomic E-state index is 15.9. The van der Waals surface area contributed by atoms with Gasteiger partial charge >= 0.3 is 41.8 Å². The number of benzene rings is 3. The zero-order valence-electron chi connectivity index (χ0n) is 32.4. The lowest BCUT2D eigenvalue weighted by molar-refractivity contribution is -0.373. The van der Waals surface area contributed by atoms with E-state index in [1.807, 2.05) is 0 Å². The van der Waals surface area contributed by atoms with Crippen LogP contribution in [0, 0.1) is 10.8 Å². The molecule has 20 heteroatoms. The molecule has 3 aromatic rings. The van der Waals surface area contributed by atoms with Gasteiger partial charge in [-0.2, -0.15) is 61.5 Å². The van der Waals surface area contributed by atoms with Gasteiger partial charge in [-0.05, 0) is 61.1 Å². The van der Waals surface area contributed by atoms with Crippen molar-refractivity contribution in [2.45, 2.75) is 115 Å². The fraction of sp³-hybridized carbons (Fsp3) is 0.500. The molecular formula is C40H36F16N2O2. The summed E-state index contributed by atoms with van der Waals surface area (Å²) in [4.78, 5) is 7.23. The molecule has 0 saturated heterocycles. The molecule has 0 amide bonds. The molecule has 0 fully saturated rings. The predicted octanol–water partition coefficient (Wildman–Crippen LogP) is 14.2. The summed E-state index contributed by atoms with van der Waals surface area (Å²) >= 11 is 0. The Morgan fingerprint density at radius 1 is 0.483 bits per heavy atom. The average molecular weight is 881 g/mol. The van der Waals surface area contributed by atoms with Gasteiger partial charge < -0.3 is 9.47 Å². The number of ether oxygens (including phenoxy) is 2. The normalized spacial score (nSPS) is 17.5. The molecule has 5 rings (SSSR count). The molecule has 0 aliphatic carbocycles. The van der Waals surface area contributed by atoms with Crippen LogP contribution >= 0.6 is 0 Å². The Kier molecular flexibility index (Phi) is 11.3. The first kappa shape index (κ1) is 46.5. The Labute approximate surface area is 332 Å². The van der Waals surface area contributed by atoms with Crippen molar-refractivity contribution in [2.24, 2.45) is 20.8 Å². The third kappa shape index (κ3) is 7.15.